The fourth-order valence-electron chi connectivity index (χ4n) is 1.40. The lowest BCUT2D eigenvalue weighted by atomic mass is 10.2. The molecule has 0 aromatic heterocycles. The Morgan fingerprint density at radius 1 is 1.45 bits per heavy atom. The quantitative estimate of drug-likeness (QED) is 0.562. The normalized spacial score (nSPS) is 10.8. The van der Waals surface area contributed by atoms with E-state index in [4.69, 9.17) is 10.00 Å². The van der Waals surface area contributed by atoms with Crippen LogP contribution in [0.4, 0.5) is 0 Å². The Kier molecular flexibility index (Phi) is 6.55. The molecule has 0 aliphatic carbocycles. The van der Waals surface area contributed by atoms with E-state index in [1.807, 2.05) is 6.07 Å². The Morgan fingerprint density at radius 2 is 2.20 bits per heavy atom. The maximum absolute atomic E-state index is 12.0. The molecule has 1 rings (SSSR count). The van der Waals surface area contributed by atoms with Gasteiger partial charge in [0.1, 0.15) is 0 Å². The van der Waals surface area contributed by atoms with Crippen LogP contribution in [-0.4, -0.2) is 38.3 Å². The van der Waals surface area contributed by atoms with E-state index in [0.29, 0.717) is 17.9 Å². The van der Waals surface area contributed by atoms with Crippen molar-refractivity contribution in [3.8, 4) is 6.07 Å². The fourth-order valence-corrected chi connectivity index (χ4v) is 3.98. The number of carbonyl (C=O) groups is 1. The van der Waals surface area contributed by atoms with Crippen molar-refractivity contribution < 1.29 is 17.9 Å². The Labute approximate surface area is 122 Å². The lowest BCUT2D eigenvalue weighted by molar-refractivity contribution is -0.139. The zero-order valence-corrected chi connectivity index (χ0v) is 12.7. The van der Waals surface area contributed by atoms with Crippen molar-refractivity contribution in [2.75, 3.05) is 23.9 Å². The molecule has 0 radical (unpaired) electrons. The monoisotopic (exact) mass is 313 g/mol. The minimum absolute atomic E-state index is 0.0774. The minimum Gasteiger partial charge on any atom is -0.465 e. The number of esters is 1. The number of rotatable bonds is 7. The zero-order valence-electron chi connectivity index (χ0n) is 11.0. The van der Waals surface area contributed by atoms with Crippen LogP contribution in [0.5, 0.6) is 0 Å². The largest absolute Gasteiger partial charge is 0.465 e. The third-order valence-corrected chi connectivity index (χ3v) is 5.25. The van der Waals surface area contributed by atoms with Crippen molar-refractivity contribution in [1.29, 1.82) is 5.26 Å². The van der Waals surface area contributed by atoms with Gasteiger partial charge in [-0.05, 0) is 25.1 Å². The van der Waals surface area contributed by atoms with Crippen molar-refractivity contribution in [3.63, 3.8) is 0 Å². The van der Waals surface area contributed by atoms with E-state index in [1.165, 1.54) is 30.0 Å². The van der Waals surface area contributed by atoms with Crippen LogP contribution in [0.1, 0.15) is 12.5 Å². The summed E-state index contributed by atoms with van der Waals surface area (Å²) < 4.78 is 28.8. The number of nitriles is 1. The van der Waals surface area contributed by atoms with Gasteiger partial charge in [-0.15, -0.1) is 11.8 Å². The van der Waals surface area contributed by atoms with E-state index < -0.39 is 9.84 Å². The van der Waals surface area contributed by atoms with Gasteiger partial charge >= 0.3 is 5.97 Å². The van der Waals surface area contributed by atoms with Gasteiger partial charge in [0.25, 0.3) is 0 Å². The summed E-state index contributed by atoms with van der Waals surface area (Å²) in [7, 11) is -3.43. The molecule has 0 spiro atoms. The topological polar surface area (TPSA) is 84.2 Å². The first-order valence-electron chi connectivity index (χ1n) is 5.96. The second-order valence-electron chi connectivity index (χ2n) is 3.82. The molecule has 0 saturated carbocycles. The molecule has 0 atom stereocenters. The van der Waals surface area contributed by atoms with Crippen LogP contribution in [0.2, 0.25) is 0 Å². The summed E-state index contributed by atoms with van der Waals surface area (Å²) in [6.45, 7) is 2.04. The average Bonchev–Trinajstić information content (AvgIpc) is 2.44. The molecular weight excluding hydrogens is 298 g/mol. The predicted octanol–water partition coefficient (Wildman–Crippen LogP) is 1.63. The lowest BCUT2D eigenvalue weighted by Gasteiger charge is -2.05. The number of sulfone groups is 1. The van der Waals surface area contributed by atoms with Crippen LogP contribution in [0.15, 0.2) is 29.2 Å². The summed E-state index contributed by atoms with van der Waals surface area (Å²) in [5.74, 6) is 0.0206. The first-order chi connectivity index (χ1) is 9.49. The summed E-state index contributed by atoms with van der Waals surface area (Å²) in [4.78, 5) is 11.2. The molecule has 20 heavy (non-hydrogen) atoms. The second-order valence-corrected chi connectivity index (χ2v) is 7.03. The van der Waals surface area contributed by atoms with Crippen LogP contribution in [0.3, 0.4) is 0 Å². The molecule has 1 aromatic carbocycles. The summed E-state index contributed by atoms with van der Waals surface area (Å²) in [5.41, 5.74) is 0.310. The summed E-state index contributed by atoms with van der Waals surface area (Å²) in [6.07, 6.45) is 0. The molecule has 1 aromatic rings. The average molecular weight is 313 g/mol. The lowest BCUT2D eigenvalue weighted by Crippen LogP contribution is -2.12. The van der Waals surface area contributed by atoms with Crippen LogP contribution >= 0.6 is 11.8 Å². The number of nitrogens with zero attached hydrogens (tertiary/aromatic N) is 1. The van der Waals surface area contributed by atoms with Crippen LogP contribution in [0.25, 0.3) is 0 Å². The SMILES string of the molecule is CCOC(=O)CSCCS(=O)(=O)c1cccc(C#N)c1. The molecular formula is C13H15NO4S2. The van der Waals surface area contributed by atoms with Gasteiger partial charge in [0.2, 0.25) is 0 Å². The molecule has 0 heterocycles. The Hall–Kier alpha value is -1.52. The molecule has 0 unspecified atom stereocenters. The number of hydrogen-bond acceptors (Lipinski definition) is 6. The summed E-state index contributed by atoms with van der Waals surface area (Å²) in [5, 5.41) is 8.75. The van der Waals surface area contributed by atoms with Gasteiger partial charge in [-0.1, -0.05) is 6.07 Å². The van der Waals surface area contributed by atoms with E-state index in [9.17, 15) is 13.2 Å². The standard InChI is InChI=1S/C13H15NO4S2/c1-2-18-13(15)10-19-6-7-20(16,17)12-5-3-4-11(8-12)9-14/h3-5,8H,2,6-7,10H2,1H3. The van der Waals surface area contributed by atoms with Gasteiger partial charge in [-0.3, -0.25) is 4.79 Å². The number of hydrogen-bond donors (Lipinski definition) is 0. The van der Waals surface area contributed by atoms with Gasteiger partial charge in [0.15, 0.2) is 9.84 Å². The Morgan fingerprint density at radius 3 is 2.85 bits per heavy atom. The highest BCUT2D eigenvalue weighted by Gasteiger charge is 2.15. The summed E-state index contributed by atoms with van der Waals surface area (Å²) in [6, 6.07) is 7.81. The molecule has 0 aliphatic heterocycles. The molecule has 0 amide bonds. The number of ether oxygens (including phenoxy) is 1. The summed E-state index contributed by atoms with van der Waals surface area (Å²) >= 11 is 1.21. The molecule has 0 bridgehead atoms. The van der Waals surface area contributed by atoms with Gasteiger partial charge in [-0.25, -0.2) is 8.42 Å². The third-order valence-electron chi connectivity index (χ3n) is 2.34. The van der Waals surface area contributed by atoms with E-state index in [1.54, 1.807) is 13.0 Å². The zero-order chi connectivity index (χ0) is 15.0. The number of carbonyl (C=O) groups excluding carboxylic acids is 1. The molecule has 0 aliphatic rings. The molecule has 5 nitrogen and oxygen atoms in total. The molecule has 0 saturated heterocycles. The maximum Gasteiger partial charge on any atom is 0.315 e. The van der Waals surface area contributed by atoms with Crippen molar-refractivity contribution in [3.05, 3.63) is 29.8 Å². The molecule has 0 fully saturated rings. The van der Waals surface area contributed by atoms with Crippen molar-refractivity contribution in [2.45, 2.75) is 11.8 Å². The van der Waals surface area contributed by atoms with Crippen LogP contribution < -0.4 is 0 Å². The van der Waals surface area contributed by atoms with Crippen molar-refractivity contribution in [1.82, 2.24) is 0 Å². The Bertz CT molecular complexity index is 605. The van der Waals surface area contributed by atoms with E-state index in [0.717, 1.165) is 0 Å². The first-order valence-corrected chi connectivity index (χ1v) is 8.76. The van der Waals surface area contributed by atoms with E-state index in [-0.39, 0.29) is 22.4 Å². The maximum atomic E-state index is 12.0. The smallest absolute Gasteiger partial charge is 0.315 e. The van der Waals surface area contributed by atoms with Crippen molar-refractivity contribution >= 4 is 27.6 Å². The van der Waals surface area contributed by atoms with Crippen LogP contribution in [0, 0.1) is 11.3 Å². The highest BCUT2D eigenvalue weighted by atomic mass is 32.2. The Balaban J connectivity index is 2.54. The van der Waals surface area contributed by atoms with E-state index >= 15 is 0 Å². The highest BCUT2D eigenvalue weighted by molar-refractivity contribution is 8.01. The second kappa shape index (κ2) is 7.92. The highest BCUT2D eigenvalue weighted by Crippen LogP contribution is 2.14. The van der Waals surface area contributed by atoms with E-state index in [2.05, 4.69) is 0 Å². The number of benzene rings is 1. The molecule has 0 N–H and O–H groups in total. The fraction of sp³-hybridized carbons (Fsp3) is 0.385. The van der Waals surface area contributed by atoms with Gasteiger partial charge in [0.05, 0.1) is 34.6 Å². The predicted molar refractivity (Wildman–Crippen MR) is 77.2 cm³/mol. The minimum atomic E-state index is -3.43. The van der Waals surface area contributed by atoms with Gasteiger partial charge in [-0.2, -0.15) is 5.26 Å². The third kappa shape index (κ3) is 5.23. The molecule has 108 valence electrons. The molecule has 7 heteroatoms. The van der Waals surface area contributed by atoms with Crippen molar-refractivity contribution in [2.24, 2.45) is 0 Å². The first kappa shape index (κ1) is 16.5. The number of thioether (sulfide) groups is 1. The van der Waals surface area contributed by atoms with Gasteiger partial charge < -0.3 is 4.74 Å². The van der Waals surface area contributed by atoms with Crippen LogP contribution in [-0.2, 0) is 19.4 Å². The van der Waals surface area contributed by atoms with Gasteiger partial charge in [0, 0.05) is 5.75 Å².